The van der Waals surface area contributed by atoms with Crippen molar-refractivity contribution in [3.8, 4) is 0 Å². The highest BCUT2D eigenvalue weighted by Crippen LogP contribution is 2.39. The van der Waals surface area contributed by atoms with Gasteiger partial charge < -0.3 is 10.5 Å². The minimum absolute atomic E-state index is 0.257. The normalized spacial score (nSPS) is 21.9. The monoisotopic (exact) mass is 322 g/mol. The van der Waals surface area contributed by atoms with Gasteiger partial charge in [0.1, 0.15) is 6.61 Å². The van der Waals surface area contributed by atoms with Crippen LogP contribution in [0.15, 0.2) is 24.3 Å². The molecule has 1 aromatic rings. The Kier molecular flexibility index (Phi) is 4.46. The number of nitrogens with one attached hydrogen (secondary N) is 1. The lowest BCUT2D eigenvalue weighted by Gasteiger charge is -2.12. The summed E-state index contributed by atoms with van der Waals surface area (Å²) in [6.07, 6.45) is 0.347. The third kappa shape index (κ3) is 4.73. The molecule has 1 aromatic carbocycles. The van der Waals surface area contributed by atoms with E-state index in [-0.39, 0.29) is 12.6 Å². The average molecular weight is 324 g/mol. The van der Waals surface area contributed by atoms with Gasteiger partial charge in [-0.2, -0.15) is 0 Å². The maximum Gasteiger partial charge on any atom is 0.411 e. The highest BCUT2D eigenvalue weighted by Gasteiger charge is 2.34. The Morgan fingerprint density at radius 1 is 1.37 bits per heavy atom. The molecule has 0 heterocycles. The van der Waals surface area contributed by atoms with E-state index in [2.05, 4.69) is 5.32 Å². The van der Waals surface area contributed by atoms with E-state index in [1.807, 2.05) is 12.1 Å². The second-order valence-corrected chi connectivity index (χ2v) is 6.96. The van der Waals surface area contributed by atoms with Gasteiger partial charge in [-0.15, -0.1) is 0 Å². The summed E-state index contributed by atoms with van der Waals surface area (Å²) >= 11 is 16.4. The fourth-order valence-corrected chi connectivity index (χ4v) is 1.88. The molecule has 0 saturated heterocycles. The van der Waals surface area contributed by atoms with Gasteiger partial charge in [0.25, 0.3) is 0 Å². The van der Waals surface area contributed by atoms with Gasteiger partial charge in [0.2, 0.25) is 3.79 Å². The molecule has 1 amide bonds. The number of amides is 1. The standard InChI is InChI=1S/C12H13Cl3N2O2/c13-12(14,15)6-19-11(18)17-8-3-1-7(2-4-8)9-5-10(9)16/h1-4,9-10H,5-6,16H2,(H,17,18). The van der Waals surface area contributed by atoms with Crippen molar-refractivity contribution in [3.05, 3.63) is 29.8 Å². The van der Waals surface area contributed by atoms with E-state index in [1.165, 1.54) is 5.56 Å². The van der Waals surface area contributed by atoms with Crippen LogP contribution >= 0.6 is 34.8 Å². The molecular weight excluding hydrogens is 311 g/mol. The Hall–Kier alpha value is -0.680. The van der Waals surface area contributed by atoms with Crippen LogP contribution in [0.5, 0.6) is 0 Å². The summed E-state index contributed by atoms with van der Waals surface area (Å²) in [7, 11) is 0. The molecule has 2 unspecified atom stereocenters. The van der Waals surface area contributed by atoms with Crippen LogP contribution in [0.1, 0.15) is 17.9 Å². The zero-order valence-corrected chi connectivity index (χ0v) is 12.2. The number of halogens is 3. The minimum Gasteiger partial charge on any atom is -0.445 e. The topological polar surface area (TPSA) is 64.3 Å². The summed E-state index contributed by atoms with van der Waals surface area (Å²) in [5.41, 5.74) is 7.56. The molecule has 0 aliphatic heterocycles. The van der Waals surface area contributed by atoms with Gasteiger partial charge in [0, 0.05) is 17.6 Å². The lowest BCUT2D eigenvalue weighted by atomic mass is 10.1. The van der Waals surface area contributed by atoms with E-state index < -0.39 is 9.89 Å². The van der Waals surface area contributed by atoms with Crippen molar-refractivity contribution in [2.24, 2.45) is 5.73 Å². The summed E-state index contributed by atoms with van der Waals surface area (Å²) < 4.78 is 3.14. The maximum atomic E-state index is 11.4. The quantitative estimate of drug-likeness (QED) is 0.838. The molecule has 104 valence electrons. The zero-order valence-electron chi connectivity index (χ0n) is 9.91. The maximum absolute atomic E-state index is 11.4. The van der Waals surface area contributed by atoms with E-state index in [0.717, 1.165) is 6.42 Å². The van der Waals surface area contributed by atoms with Crippen molar-refractivity contribution in [3.63, 3.8) is 0 Å². The number of nitrogens with two attached hydrogens (primary N) is 1. The van der Waals surface area contributed by atoms with Gasteiger partial charge in [-0.3, -0.25) is 5.32 Å². The third-order valence-electron chi connectivity index (χ3n) is 2.79. The second-order valence-electron chi connectivity index (χ2n) is 4.44. The van der Waals surface area contributed by atoms with E-state index in [4.69, 9.17) is 45.3 Å². The van der Waals surface area contributed by atoms with Crippen LogP contribution in [0.2, 0.25) is 0 Å². The predicted molar refractivity (Wildman–Crippen MR) is 77.0 cm³/mol. The molecule has 1 saturated carbocycles. The van der Waals surface area contributed by atoms with Gasteiger partial charge in [0.15, 0.2) is 0 Å². The Balaban J connectivity index is 1.84. The van der Waals surface area contributed by atoms with Crippen molar-refractivity contribution in [1.82, 2.24) is 0 Å². The fourth-order valence-electron chi connectivity index (χ4n) is 1.71. The van der Waals surface area contributed by atoms with Crippen molar-refractivity contribution in [2.45, 2.75) is 22.2 Å². The van der Waals surface area contributed by atoms with Crippen LogP contribution in [0, 0.1) is 0 Å². The number of hydrogen-bond donors (Lipinski definition) is 2. The number of carbonyl (C=O) groups is 1. The van der Waals surface area contributed by atoms with Crippen molar-refractivity contribution < 1.29 is 9.53 Å². The number of rotatable bonds is 3. The molecule has 1 aliphatic rings. The van der Waals surface area contributed by atoms with Crippen LogP contribution in [0.4, 0.5) is 10.5 Å². The largest absolute Gasteiger partial charge is 0.445 e. The zero-order chi connectivity index (χ0) is 14.0. The summed E-state index contributed by atoms with van der Waals surface area (Å²) in [5, 5.41) is 2.54. The van der Waals surface area contributed by atoms with Crippen LogP contribution in [0.25, 0.3) is 0 Å². The molecule has 19 heavy (non-hydrogen) atoms. The number of ether oxygens (including phenoxy) is 1. The molecule has 1 fully saturated rings. The Labute approximate surface area is 126 Å². The minimum atomic E-state index is -1.61. The Morgan fingerprint density at radius 2 is 1.95 bits per heavy atom. The first kappa shape index (κ1) is 14.7. The van der Waals surface area contributed by atoms with E-state index >= 15 is 0 Å². The number of benzene rings is 1. The van der Waals surface area contributed by atoms with Crippen LogP contribution in [-0.4, -0.2) is 22.5 Å². The van der Waals surface area contributed by atoms with Gasteiger partial charge in [-0.05, 0) is 24.1 Å². The molecule has 7 heteroatoms. The highest BCUT2D eigenvalue weighted by molar-refractivity contribution is 6.67. The second kappa shape index (κ2) is 5.75. The van der Waals surface area contributed by atoms with E-state index in [9.17, 15) is 4.79 Å². The van der Waals surface area contributed by atoms with Gasteiger partial charge in [-0.25, -0.2) is 4.79 Å². The van der Waals surface area contributed by atoms with E-state index in [1.54, 1.807) is 12.1 Å². The first-order valence-electron chi connectivity index (χ1n) is 5.71. The number of carbonyl (C=O) groups excluding carboxylic acids is 1. The van der Waals surface area contributed by atoms with Crippen molar-refractivity contribution >= 4 is 46.6 Å². The van der Waals surface area contributed by atoms with Crippen molar-refractivity contribution in [2.75, 3.05) is 11.9 Å². The number of hydrogen-bond acceptors (Lipinski definition) is 3. The first-order chi connectivity index (χ1) is 8.85. The Bertz CT molecular complexity index is 459. The number of alkyl halides is 3. The summed E-state index contributed by atoms with van der Waals surface area (Å²) in [6.45, 7) is -0.307. The lowest BCUT2D eigenvalue weighted by Crippen LogP contribution is -2.21. The lowest BCUT2D eigenvalue weighted by molar-refractivity contribution is 0.164. The third-order valence-corrected chi connectivity index (χ3v) is 3.12. The van der Waals surface area contributed by atoms with Crippen molar-refractivity contribution in [1.29, 1.82) is 0 Å². The predicted octanol–water partition coefficient (Wildman–Crippen LogP) is 3.42. The SMILES string of the molecule is NC1CC1c1ccc(NC(=O)OCC(Cl)(Cl)Cl)cc1. The summed E-state index contributed by atoms with van der Waals surface area (Å²) in [6, 6.07) is 7.70. The van der Waals surface area contributed by atoms with Gasteiger partial charge >= 0.3 is 6.09 Å². The van der Waals surface area contributed by atoms with Gasteiger partial charge in [-0.1, -0.05) is 46.9 Å². The molecular formula is C12H13Cl3N2O2. The molecule has 3 N–H and O–H groups in total. The first-order valence-corrected chi connectivity index (χ1v) is 6.84. The van der Waals surface area contributed by atoms with Gasteiger partial charge in [0.05, 0.1) is 0 Å². The summed E-state index contributed by atoms with van der Waals surface area (Å²) in [5.74, 6) is 0.436. The molecule has 0 aromatic heterocycles. The molecule has 0 bridgehead atoms. The molecule has 1 aliphatic carbocycles. The molecule has 2 rings (SSSR count). The number of anilines is 1. The van der Waals surface area contributed by atoms with Crippen LogP contribution in [-0.2, 0) is 4.74 Å². The molecule has 0 spiro atoms. The molecule has 0 radical (unpaired) electrons. The Morgan fingerprint density at radius 3 is 2.42 bits per heavy atom. The average Bonchev–Trinajstić information content (AvgIpc) is 3.04. The smallest absolute Gasteiger partial charge is 0.411 e. The van der Waals surface area contributed by atoms with Crippen LogP contribution < -0.4 is 11.1 Å². The summed E-state index contributed by atoms with van der Waals surface area (Å²) in [4.78, 5) is 11.4. The molecule has 4 nitrogen and oxygen atoms in total. The fraction of sp³-hybridized carbons (Fsp3) is 0.417. The molecule has 2 atom stereocenters. The van der Waals surface area contributed by atoms with E-state index in [0.29, 0.717) is 11.6 Å². The highest BCUT2D eigenvalue weighted by atomic mass is 35.6. The van der Waals surface area contributed by atoms with Crippen LogP contribution in [0.3, 0.4) is 0 Å².